The van der Waals surface area contributed by atoms with Gasteiger partial charge in [0, 0.05) is 6.07 Å². The molecule has 0 atom stereocenters. The fourth-order valence-electron chi connectivity index (χ4n) is 1.35. The Morgan fingerprint density at radius 3 is 2.33 bits per heavy atom. The van der Waals surface area contributed by atoms with Gasteiger partial charge < -0.3 is 0 Å². The van der Waals surface area contributed by atoms with Crippen molar-refractivity contribution in [3.05, 3.63) is 46.0 Å². The number of aromatic nitrogens is 2. The van der Waals surface area contributed by atoms with E-state index in [4.69, 9.17) is 23.2 Å². The van der Waals surface area contributed by atoms with Crippen molar-refractivity contribution in [1.82, 2.24) is 9.78 Å². The predicted molar refractivity (Wildman–Crippen MR) is 58.5 cm³/mol. The molecule has 0 amide bonds. The van der Waals surface area contributed by atoms with Gasteiger partial charge in [0.15, 0.2) is 5.69 Å². The molecule has 1 heterocycles. The van der Waals surface area contributed by atoms with Crippen LogP contribution in [0.4, 0.5) is 17.6 Å². The van der Waals surface area contributed by atoms with Gasteiger partial charge in [-0.2, -0.15) is 18.3 Å². The molecule has 18 heavy (non-hydrogen) atoms. The minimum absolute atomic E-state index is 0.0891. The summed E-state index contributed by atoms with van der Waals surface area (Å²) in [4.78, 5) is 0. The Balaban J connectivity index is 2.62. The van der Waals surface area contributed by atoms with Crippen LogP contribution >= 0.6 is 23.2 Å². The summed E-state index contributed by atoms with van der Waals surface area (Å²) in [5, 5.41) is 2.74. The minimum Gasteiger partial charge on any atom is -0.217 e. The highest BCUT2D eigenvalue weighted by Crippen LogP contribution is 2.33. The van der Waals surface area contributed by atoms with Crippen molar-refractivity contribution in [2.75, 3.05) is 0 Å². The summed E-state index contributed by atoms with van der Waals surface area (Å²) < 4.78 is 51.5. The molecule has 2 nitrogen and oxygen atoms in total. The zero-order chi connectivity index (χ0) is 13.5. The zero-order valence-electron chi connectivity index (χ0n) is 8.47. The van der Waals surface area contributed by atoms with E-state index in [0.29, 0.717) is 10.7 Å². The van der Waals surface area contributed by atoms with E-state index in [2.05, 4.69) is 5.10 Å². The van der Waals surface area contributed by atoms with Gasteiger partial charge in [0.05, 0.1) is 5.02 Å². The number of para-hydroxylation sites is 1. The van der Waals surface area contributed by atoms with E-state index in [-0.39, 0.29) is 15.9 Å². The third kappa shape index (κ3) is 2.30. The van der Waals surface area contributed by atoms with Crippen LogP contribution in [-0.2, 0) is 6.18 Å². The topological polar surface area (TPSA) is 17.8 Å². The normalized spacial score (nSPS) is 11.9. The van der Waals surface area contributed by atoms with E-state index in [9.17, 15) is 17.6 Å². The molecule has 0 bridgehead atoms. The zero-order valence-corrected chi connectivity index (χ0v) is 9.98. The van der Waals surface area contributed by atoms with Crippen LogP contribution < -0.4 is 0 Å². The van der Waals surface area contributed by atoms with Crippen LogP contribution in [0.5, 0.6) is 0 Å². The maximum absolute atomic E-state index is 13.5. The molecule has 0 aliphatic rings. The van der Waals surface area contributed by atoms with Crippen molar-refractivity contribution < 1.29 is 17.6 Å². The van der Waals surface area contributed by atoms with Crippen LogP contribution in [0.2, 0.25) is 10.2 Å². The summed E-state index contributed by atoms with van der Waals surface area (Å²) in [7, 11) is 0. The number of halogens is 6. The third-order valence-electron chi connectivity index (χ3n) is 2.11. The van der Waals surface area contributed by atoms with Crippen molar-refractivity contribution in [2.45, 2.75) is 6.18 Å². The van der Waals surface area contributed by atoms with E-state index in [1.165, 1.54) is 12.1 Å². The number of alkyl halides is 3. The monoisotopic (exact) mass is 298 g/mol. The van der Waals surface area contributed by atoms with E-state index < -0.39 is 17.7 Å². The molecule has 8 heteroatoms. The van der Waals surface area contributed by atoms with Crippen LogP contribution in [0, 0.1) is 5.82 Å². The lowest BCUT2D eigenvalue weighted by molar-refractivity contribution is -0.141. The van der Waals surface area contributed by atoms with Crippen molar-refractivity contribution in [3.63, 3.8) is 0 Å². The number of benzene rings is 1. The first-order valence-corrected chi connectivity index (χ1v) is 5.33. The first-order valence-electron chi connectivity index (χ1n) is 4.58. The molecular formula is C10H4Cl2F4N2. The van der Waals surface area contributed by atoms with Gasteiger partial charge in [0.25, 0.3) is 0 Å². The molecule has 0 saturated carbocycles. The Morgan fingerprint density at radius 1 is 1.17 bits per heavy atom. The van der Waals surface area contributed by atoms with Crippen molar-refractivity contribution in [3.8, 4) is 5.69 Å². The number of hydrogen-bond donors (Lipinski definition) is 0. The standard InChI is InChI=1S/C10H4Cl2F4N2/c11-5-2-1-3-6(13)9(5)18-8(12)4-7(17-18)10(14,15)16/h1-4H. The fourth-order valence-corrected chi connectivity index (χ4v) is 1.81. The Bertz CT molecular complexity index is 572. The van der Waals surface area contributed by atoms with Crippen molar-refractivity contribution in [1.29, 1.82) is 0 Å². The summed E-state index contributed by atoms with van der Waals surface area (Å²) in [5.41, 5.74) is -1.54. The highest BCUT2D eigenvalue weighted by molar-refractivity contribution is 6.33. The molecule has 0 spiro atoms. The molecule has 0 N–H and O–H groups in total. The summed E-state index contributed by atoms with van der Waals surface area (Å²) in [6.45, 7) is 0. The van der Waals surface area contributed by atoms with E-state index >= 15 is 0 Å². The maximum atomic E-state index is 13.5. The van der Waals surface area contributed by atoms with E-state index in [0.717, 1.165) is 6.07 Å². The Morgan fingerprint density at radius 2 is 1.83 bits per heavy atom. The van der Waals surface area contributed by atoms with E-state index in [1.54, 1.807) is 0 Å². The van der Waals surface area contributed by atoms with E-state index in [1.807, 2.05) is 0 Å². The lowest BCUT2D eigenvalue weighted by atomic mass is 10.3. The molecule has 0 aliphatic heterocycles. The average Bonchev–Trinajstić information content (AvgIpc) is 2.60. The second-order valence-electron chi connectivity index (χ2n) is 3.33. The Labute approximate surface area is 109 Å². The second-order valence-corrected chi connectivity index (χ2v) is 4.13. The maximum Gasteiger partial charge on any atom is 0.435 e. The molecule has 2 rings (SSSR count). The van der Waals surface area contributed by atoms with Gasteiger partial charge in [-0.25, -0.2) is 9.07 Å². The van der Waals surface area contributed by atoms with Crippen LogP contribution in [0.15, 0.2) is 24.3 Å². The lowest BCUT2D eigenvalue weighted by Gasteiger charge is -2.07. The molecule has 0 fully saturated rings. The van der Waals surface area contributed by atoms with Gasteiger partial charge in [-0.1, -0.05) is 29.3 Å². The van der Waals surface area contributed by atoms with Crippen LogP contribution in [-0.4, -0.2) is 9.78 Å². The predicted octanol–water partition coefficient (Wildman–Crippen LogP) is 4.34. The first kappa shape index (κ1) is 13.2. The third-order valence-corrected chi connectivity index (χ3v) is 2.68. The number of hydrogen-bond acceptors (Lipinski definition) is 1. The van der Waals surface area contributed by atoms with Crippen molar-refractivity contribution in [2.24, 2.45) is 0 Å². The molecular weight excluding hydrogens is 295 g/mol. The van der Waals surface area contributed by atoms with Gasteiger partial charge in [-0.15, -0.1) is 0 Å². The summed E-state index contributed by atoms with van der Waals surface area (Å²) in [6, 6.07) is 4.30. The number of nitrogens with zero attached hydrogens (tertiary/aromatic N) is 2. The first-order chi connectivity index (χ1) is 8.30. The highest BCUT2D eigenvalue weighted by Gasteiger charge is 2.35. The molecule has 2 aromatic rings. The van der Waals surface area contributed by atoms with Gasteiger partial charge in [0.1, 0.15) is 16.7 Å². The Kier molecular flexibility index (Phi) is 3.25. The quantitative estimate of drug-likeness (QED) is 0.716. The summed E-state index contributed by atoms with van der Waals surface area (Å²) in [6.07, 6.45) is -4.66. The van der Waals surface area contributed by atoms with Crippen LogP contribution in [0.1, 0.15) is 5.69 Å². The van der Waals surface area contributed by atoms with Gasteiger partial charge in [-0.3, -0.25) is 0 Å². The summed E-state index contributed by atoms with van der Waals surface area (Å²) >= 11 is 11.3. The summed E-state index contributed by atoms with van der Waals surface area (Å²) in [5.74, 6) is -0.818. The van der Waals surface area contributed by atoms with Crippen LogP contribution in [0.3, 0.4) is 0 Å². The molecule has 0 unspecified atom stereocenters. The van der Waals surface area contributed by atoms with Gasteiger partial charge >= 0.3 is 6.18 Å². The fraction of sp³-hybridized carbons (Fsp3) is 0.100. The van der Waals surface area contributed by atoms with Gasteiger partial charge in [-0.05, 0) is 12.1 Å². The minimum atomic E-state index is -4.66. The molecule has 1 aromatic carbocycles. The Hall–Kier alpha value is -1.27. The molecule has 0 radical (unpaired) electrons. The largest absolute Gasteiger partial charge is 0.435 e. The van der Waals surface area contributed by atoms with Crippen LogP contribution in [0.25, 0.3) is 5.69 Å². The average molecular weight is 299 g/mol. The van der Waals surface area contributed by atoms with Crippen molar-refractivity contribution >= 4 is 23.2 Å². The second kappa shape index (κ2) is 4.44. The molecule has 0 saturated heterocycles. The smallest absolute Gasteiger partial charge is 0.217 e. The van der Waals surface area contributed by atoms with Gasteiger partial charge in [0.2, 0.25) is 0 Å². The molecule has 1 aromatic heterocycles. The number of rotatable bonds is 1. The lowest BCUT2D eigenvalue weighted by Crippen LogP contribution is -2.08. The highest BCUT2D eigenvalue weighted by atomic mass is 35.5. The molecule has 96 valence electrons. The molecule has 0 aliphatic carbocycles. The SMILES string of the molecule is Fc1cccc(Cl)c1-n1nc(C(F)(F)F)cc1Cl.